The van der Waals surface area contributed by atoms with Crippen LogP contribution >= 0.6 is 11.3 Å². The standard InChI is InChI=1S/C13H19N3S/c1-3-11-7-12(16(4-2)15-11)8-13(14)10-5-6-17-9-10/h5-7,9,13H,3-4,8,14H2,1-2H3. The average molecular weight is 249 g/mol. The third kappa shape index (κ3) is 2.76. The van der Waals surface area contributed by atoms with Crippen LogP contribution in [0, 0.1) is 0 Å². The van der Waals surface area contributed by atoms with Gasteiger partial charge in [-0.05, 0) is 41.8 Å². The molecule has 0 amide bonds. The number of rotatable bonds is 5. The number of nitrogens with two attached hydrogens (primary N) is 1. The third-order valence-electron chi connectivity index (χ3n) is 2.98. The molecule has 2 aromatic rings. The van der Waals surface area contributed by atoms with Crippen LogP contribution in [0.2, 0.25) is 0 Å². The molecular formula is C13H19N3S. The molecule has 0 aliphatic rings. The van der Waals surface area contributed by atoms with E-state index < -0.39 is 0 Å². The molecule has 0 saturated carbocycles. The van der Waals surface area contributed by atoms with Gasteiger partial charge >= 0.3 is 0 Å². The Labute approximate surface area is 106 Å². The Morgan fingerprint density at radius 3 is 2.88 bits per heavy atom. The summed E-state index contributed by atoms with van der Waals surface area (Å²) < 4.78 is 2.06. The molecule has 1 unspecified atom stereocenters. The first-order valence-corrected chi connectivity index (χ1v) is 7.02. The Hall–Kier alpha value is -1.13. The molecular weight excluding hydrogens is 230 g/mol. The molecule has 17 heavy (non-hydrogen) atoms. The van der Waals surface area contributed by atoms with Crippen molar-refractivity contribution in [1.29, 1.82) is 0 Å². The van der Waals surface area contributed by atoms with Crippen molar-refractivity contribution >= 4 is 11.3 Å². The van der Waals surface area contributed by atoms with E-state index in [0.29, 0.717) is 0 Å². The Morgan fingerprint density at radius 1 is 1.47 bits per heavy atom. The van der Waals surface area contributed by atoms with Crippen molar-refractivity contribution in [3.63, 3.8) is 0 Å². The summed E-state index contributed by atoms with van der Waals surface area (Å²) in [5.74, 6) is 0. The zero-order chi connectivity index (χ0) is 12.3. The molecule has 0 radical (unpaired) electrons. The van der Waals surface area contributed by atoms with E-state index in [9.17, 15) is 0 Å². The van der Waals surface area contributed by atoms with Crippen LogP contribution in [0.3, 0.4) is 0 Å². The zero-order valence-electron chi connectivity index (χ0n) is 10.4. The predicted molar refractivity (Wildman–Crippen MR) is 72.2 cm³/mol. The van der Waals surface area contributed by atoms with Crippen molar-refractivity contribution in [2.45, 2.75) is 39.3 Å². The van der Waals surface area contributed by atoms with E-state index in [1.807, 2.05) is 0 Å². The predicted octanol–water partition coefficient (Wildman–Crippen LogP) is 2.77. The third-order valence-corrected chi connectivity index (χ3v) is 3.68. The molecule has 1 atom stereocenters. The fraction of sp³-hybridized carbons (Fsp3) is 0.462. The molecule has 2 aromatic heterocycles. The second-order valence-corrected chi connectivity index (χ2v) is 4.94. The van der Waals surface area contributed by atoms with E-state index in [1.54, 1.807) is 11.3 Å². The van der Waals surface area contributed by atoms with Gasteiger partial charge in [-0.2, -0.15) is 16.4 Å². The summed E-state index contributed by atoms with van der Waals surface area (Å²) in [6.07, 6.45) is 1.84. The fourth-order valence-corrected chi connectivity index (χ4v) is 2.68. The number of nitrogens with zero attached hydrogens (tertiary/aromatic N) is 2. The van der Waals surface area contributed by atoms with E-state index in [4.69, 9.17) is 5.73 Å². The smallest absolute Gasteiger partial charge is 0.0624 e. The number of hydrogen-bond donors (Lipinski definition) is 1. The average Bonchev–Trinajstić information content (AvgIpc) is 2.97. The van der Waals surface area contributed by atoms with E-state index in [-0.39, 0.29) is 6.04 Å². The number of aryl methyl sites for hydroxylation is 2. The monoisotopic (exact) mass is 249 g/mol. The van der Waals surface area contributed by atoms with E-state index in [2.05, 4.69) is 46.5 Å². The van der Waals surface area contributed by atoms with Crippen molar-refractivity contribution in [1.82, 2.24) is 9.78 Å². The largest absolute Gasteiger partial charge is 0.324 e. The molecule has 3 nitrogen and oxygen atoms in total. The van der Waals surface area contributed by atoms with Crippen molar-refractivity contribution < 1.29 is 0 Å². The minimum atomic E-state index is 0.0768. The summed E-state index contributed by atoms with van der Waals surface area (Å²) in [6.45, 7) is 5.16. The Balaban J connectivity index is 2.15. The first-order valence-electron chi connectivity index (χ1n) is 6.07. The number of aromatic nitrogens is 2. The van der Waals surface area contributed by atoms with Gasteiger partial charge in [-0.1, -0.05) is 6.92 Å². The van der Waals surface area contributed by atoms with Gasteiger partial charge < -0.3 is 5.73 Å². The molecule has 0 fully saturated rings. The summed E-state index contributed by atoms with van der Waals surface area (Å²) in [6, 6.07) is 4.35. The summed E-state index contributed by atoms with van der Waals surface area (Å²) in [5.41, 5.74) is 9.82. The highest BCUT2D eigenvalue weighted by Crippen LogP contribution is 2.19. The van der Waals surface area contributed by atoms with E-state index in [1.165, 1.54) is 11.3 Å². The van der Waals surface area contributed by atoms with E-state index >= 15 is 0 Å². The van der Waals surface area contributed by atoms with Crippen LogP contribution in [0.15, 0.2) is 22.9 Å². The minimum Gasteiger partial charge on any atom is -0.324 e. The highest BCUT2D eigenvalue weighted by atomic mass is 32.1. The highest BCUT2D eigenvalue weighted by molar-refractivity contribution is 7.07. The van der Waals surface area contributed by atoms with Gasteiger partial charge in [-0.15, -0.1) is 0 Å². The second kappa shape index (κ2) is 5.47. The van der Waals surface area contributed by atoms with Gasteiger partial charge in [-0.3, -0.25) is 4.68 Å². The molecule has 0 bridgehead atoms. The van der Waals surface area contributed by atoms with Gasteiger partial charge in [0.1, 0.15) is 0 Å². The lowest BCUT2D eigenvalue weighted by Gasteiger charge is -2.10. The van der Waals surface area contributed by atoms with E-state index in [0.717, 1.165) is 25.1 Å². The van der Waals surface area contributed by atoms with Crippen LogP contribution in [0.5, 0.6) is 0 Å². The molecule has 2 N–H and O–H groups in total. The normalized spacial score (nSPS) is 12.9. The molecule has 92 valence electrons. The SMILES string of the molecule is CCc1cc(CC(N)c2ccsc2)n(CC)n1. The van der Waals surface area contributed by atoms with Crippen molar-refractivity contribution in [3.05, 3.63) is 39.8 Å². The van der Waals surface area contributed by atoms with Crippen LogP contribution in [-0.2, 0) is 19.4 Å². The second-order valence-electron chi connectivity index (χ2n) is 4.16. The first-order chi connectivity index (χ1) is 8.24. The maximum Gasteiger partial charge on any atom is 0.0624 e. The summed E-state index contributed by atoms with van der Waals surface area (Å²) >= 11 is 1.70. The summed E-state index contributed by atoms with van der Waals surface area (Å²) in [7, 11) is 0. The lowest BCUT2D eigenvalue weighted by Crippen LogP contribution is -2.15. The van der Waals surface area contributed by atoms with Crippen LogP contribution in [0.4, 0.5) is 0 Å². The van der Waals surface area contributed by atoms with Gasteiger partial charge in [-0.25, -0.2) is 0 Å². The van der Waals surface area contributed by atoms with Gasteiger partial charge in [0.25, 0.3) is 0 Å². The van der Waals surface area contributed by atoms with Crippen LogP contribution in [-0.4, -0.2) is 9.78 Å². The van der Waals surface area contributed by atoms with Crippen LogP contribution < -0.4 is 5.73 Å². The lowest BCUT2D eigenvalue weighted by atomic mass is 10.1. The topological polar surface area (TPSA) is 43.8 Å². The fourth-order valence-electron chi connectivity index (χ4n) is 1.95. The summed E-state index contributed by atoms with van der Waals surface area (Å²) in [5, 5.41) is 8.74. The summed E-state index contributed by atoms with van der Waals surface area (Å²) in [4.78, 5) is 0. The van der Waals surface area contributed by atoms with Crippen LogP contribution in [0.25, 0.3) is 0 Å². The van der Waals surface area contributed by atoms with Gasteiger partial charge in [0.15, 0.2) is 0 Å². The molecule has 0 aliphatic heterocycles. The number of thiophene rings is 1. The Kier molecular flexibility index (Phi) is 3.97. The van der Waals surface area contributed by atoms with Crippen molar-refractivity contribution in [2.75, 3.05) is 0 Å². The first kappa shape index (κ1) is 12.3. The van der Waals surface area contributed by atoms with Crippen LogP contribution in [0.1, 0.15) is 36.8 Å². The maximum atomic E-state index is 6.21. The molecule has 0 aromatic carbocycles. The molecule has 0 aliphatic carbocycles. The molecule has 2 heterocycles. The molecule has 2 rings (SSSR count). The van der Waals surface area contributed by atoms with Gasteiger partial charge in [0, 0.05) is 24.7 Å². The van der Waals surface area contributed by atoms with Crippen molar-refractivity contribution in [3.8, 4) is 0 Å². The molecule has 0 saturated heterocycles. The molecule has 0 spiro atoms. The molecule has 4 heteroatoms. The van der Waals surface area contributed by atoms with Crippen molar-refractivity contribution in [2.24, 2.45) is 5.73 Å². The Bertz CT molecular complexity index is 459. The highest BCUT2D eigenvalue weighted by Gasteiger charge is 2.12. The lowest BCUT2D eigenvalue weighted by molar-refractivity contribution is 0.586. The zero-order valence-corrected chi connectivity index (χ0v) is 11.2. The number of hydrogen-bond acceptors (Lipinski definition) is 3. The minimum absolute atomic E-state index is 0.0768. The van der Waals surface area contributed by atoms with Gasteiger partial charge in [0.05, 0.1) is 5.69 Å². The quantitative estimate of drug-likeness (QED) is 0.885. The van der Waals surface area contributed by atoms with Gasteiger partial charge in [0.2, 0.25) is 0 Å². The maximum absolute atomic E-state index is 6.21. The Morgan fingerprint density at radius 2 is 2.29 bits per heavy atom.